The number of nitriles is 1. The van der Waals surface area contributed by atoms with Gasteiger partial charge in [0.1, 0.15) is 6.07 Å². The summed E-state index contributed by atoms with van der Waals surface area (Å²) in [6, 6.07) is 6.62. The number of rotatable bonds is 7. The van der Waals surface area contributed by atoms with Crippen molar-refractivity contribution in [3.8, 4) is 11.8 Å². The zero-order chi connectivity index (χ0) is 13.4. The molecule has 0 aliphatic heterocycles. The molecule has 0 aliphatic carbocycles. The van der Waals surface area contributed by atoms with Gasteiger partial charge in [-0.05, 0) is 13.0 Å². The molecule has 0 aromatic heterocycles. The van der Waals surface area contributed by atoms with Gasteiger partial charge in [0.15, 0.2) is 17.7 Å². The first kappa shape index (κ1) is 14.4. The van der Waals surface area contributed by atoms with Crippen molar-refractivity contribution in [3.05, 3.63) is 29.6 Å². The lowest BCUT2D eigenvalue weighted by Gasteiger charge is -2.14. The summed E-state index contributed by atoms with van der Waals surface area (Å²) < 4.78 is 23.8. The minimum atomic E-state index is -0.681. The minimum Gasteiger partial charge on any atom is -0.472 e. The molecule has 5 heteroatoms. The molecule has 1 aromatic rings. The Morgan fingerprint density at radius 2 is 2.28 bits per heavy atom. The van der Waals surface area contributed by atoms with Crippen LogP contribution in [-0.2, 0) is 11.3 Å². The zero-order valence-electron chi connectivity index (χ0n) is 10.6. The summed E-state index contributed by atoms with van der Waals surface area (Å²) >= 11 is 0. The number of nitrogens with zero attached hydrogens (tertiary/aromatic N) is 1. The normalized spacial score (nSPS) is 11.9. The number of benzene rings is 1. The quantitative estimate of drug-likeness (QED) is 0.752. The number of ether oxygens (including phenoxy) is 2. The second-order valence-corrected chi connectivity index (χ2v) is 3.79. The van der Waals surface area contributed by atoms with E-state index >= 15 is 0 Å². The monoisotopic (exact) mass is 252 g/mol. The van der Waals surface area contributed by atoms with Crippen LogP contribution in [-0.4, -0.2) is 26.4 Å². The smallest absolute Gasteiger partial charge is 0.181 e. The van der Waals surface area contributed by atoms with Crippen LogP contribution < -0.4 is 10.1 Å². The highest BCUT2D eigenvalue weighted by Crippen LogP contribution is 2.23. The van der Waals surface area contributed by atoms with Gasteiger partial charge in [-0.3, -0.25) is 0 Å². The van der Waals surface area contributed by atoms with Crippen LogP contribution in [0.15, 0.2) is 18.2 Å². The van der Waals surface area contributed by atoms with Crippen molar-refractivity contribution in [2.75, 3.05) is 20.3 Å². The first-order valence-electron chi connectivity index (χ1n) is 5.72. The molecular formula is C13H17FN2O2. The molecule has 1 atom stereocenters. The van der Waals surface area contributed by atoms with Gasteiger partial charge in [-0.25, -0.2) is 4.39 Å². The Bertz CT molecular complexity index is 418. The third-order valence-electron chi connectivity index (χ3n) is 2.32. The first-order valence-corrected chi connectivity index (χ1v) is 5.72. The van der Waals surface area contributed by atoms with Crippen LogP contribution in [0.1, 0.15) is 12.5 Å². The average Bonchev–Trinajstić information content (AvgIpc) is 2.38. The predicted molar refractivity (Wildman–Crippen MR) is 65.7 cm³/mol. The number of methoxy groups -OCH3 is 1. The van der Waals surface area contributed by atoms with Crippen LogP contribution in [0, 0.1) is 17.1 Å². The summed E-state index contributed by atoms with van der Waals surface area (Å²) in [7, 11) is 1.62. The summed E-state index contributed by atoms with van der Waals surface area (Å²) in [5.41, 5.74) is 0.688. The highest BCUT2D eigenvalue weighted by Gasteiger charge is 2.12. The molecule has 4 nitrogen and oxygen atoms in total. The molecule has 0 bridgehead atoms. The van der Waals surface area contributed by atoms with Gasteiger partial charge in [0.25, 0.3) is 0 Å². The highest BCUT2D eigenvalue weighted by molar-refractivity contribution is 5.35. The van der Waals surface area contributed by atoms with Crippen LogP contribution in [0.3, 0.4) is 0 Å². The Morgan fingerprint density at radius 3 is 2.94 bits per heavy atom. The predicted octanol–water partition coefficient (Wildman–Crippen LogP) is 1.85. The van der Waals surface area contributed by atoms with Gasteiger partial charge in [-0.1, -0.05) is 12.1 Å². The number of hydrogen-bond acceptors (Lipinski definition) is 4. The topological polar surface area (TPSA) is 54.3 Å². The lowest BCUT2D eigenvalue weighted by molar-refractivity contribution is 0.198. The molecule has 1 aromatic carbocycles. The first-order chi connectivity index (χ1) is 8.69. The van der Waals surface area contributed by atoms with Crippen molar-refractivity contribution in [3.63, 3.8) is 0 Å². The van der Waals surface area contributed by atoms with Crippen LogP contribution in [0.5, 0.6) is 5.75 Å². The van der Waals surface area contributed by atoms with Crippen LogP contribution in [0.25, 0.3) is 0 Å². The van der Waals surface area contributed by atoms with E-state index < -0.39 is 11.9 Å². The van der Waals surface area contributed by atoms with E-state index in [1.165, 1.54) is 6.07 Å². The van der Waals surface area contributed by atoms with Crippen LogP contribution >= 0.6 is 0 Å². The number of nitrogens with one attached hydrogen (secondary N) is 1. The third kappa shape index (κ3) is 4.32. The van der Waals surface area contributed by atoms with E-state index in [1.54, 1.807) is 26.2 Å². The summed E-state index contributed by atoms with van der Waals surface area (Å²) in [5.74, 6) is -0.320. The van der Waals surface area contributed by atoms with Crippen LogP contribution in [0.2, 0.25) is 0 Å². The molecule has 0 aliphatic rings. The van der Waals surface area contributed by atoms with E-state index in [-0.39, 0.29) is 5.75 Å². The van der Waals surface area contributed by atoms with E-state index in [2.05, 4.69) is 5.32 Å². The van der Waals surface area contributed by atoms with E-state index in [4.69, 9.17) is 14.7 Å². The molecule has 0 saturated carbocycles. The Kier molecular flexibility index (Phi) is 6.12. The lowest BCUT2D eigenvalue weighted by atomic mass is 10.2. The Labute approximate surface area is 106 Å². The maximum absolute atomic E-state index is 13.6. The van der Waals surface area contributed by atoms with Crippen molar-refractivity contribution in [1.82, 2.24) is 5.32 Å². The third-order valence-corrected chi connectivity index (χ3v) is 2.32. The van der Waals surface area contributed by atoms with Crippen molar-refractivity contribution in [1.29, 1.82) is 5.26 Å². The molecule has 1 rings (SSSR count). The summed E-state index contributed by atoms with van der Waals surface area (Å²) in [5, 5.41) is 11.8. The highest BCUT2D eigenvalue weighted by atomic mass is 19.1. The van der Waals surface area contributed by atoms with E-state index in [9.17, 15) is 4.39 Å². The van der Waals surface area contributed by atoms with Crippen molar-refractivity contribution < 1.29 is 13.9 Å². The molecule has 0 saturated heterocycles. The molecule has 1 N–H and O–H groups in total. The average molecular weight is 252 g/mol. The molecule has 0 fully saturated rings. The molecule has 0 heterocycles. The van der Waals surface area contributed by atoms with Gasteiger partial charge in [0, 0.05) is 25.8 Å². The molecule has 0 amide bonds. The van der Waals surface area contributed by atoms with Crippen molar-refractivity contribution in [2.24, 2.45) is 0 Å². The molecule has 1 unspecified atom stereocenters. The number of hydrogen-bond donors (Lipinski definition) is 1. The fourth-order valence-electron chi connectivity index (χ4n) is 1.43. The molecular weight excluding hydrogens is 235 g/mol. The fourth-order valence-corrected chi connectivity index (χ4v) is 1.43. The minimum absolute atomic E-state index is 0.136. The van der Waals surface area contributed by atoms with Gasteiger partial charge >= 0.3 is 0 Å². The Hall–Kier alpha value is -1.64. The van der Waals surface area contributed by atoms with E-state index in [1.807, 2.05) is 6.07 Å². The maximum Gasteiger partial charge on any atom is 0.181 e. The van der Waals surface area contributed by atoms with E-state index in [0.29, 0.717) is 25.3 Å². The van der Waals surface area contributed by atoms with Crippen molar-refractivity contribution >= 4 is 0 Å². The van der Waals surface area contributed by atoms with Gasteiger partial charge in [0.05, 0.1) is 6.61 Å². The standard InChI is InChI=1S/C13H17FN2O2/c1-10(8-15)18-13-11(4-3-5-12(13)14)9-16-6-7-17-2/h3-5,10,16H,6-7,9H2,1-2H3. The van der Waals surface area contributed by atoms with Gasteiger partial charge in [-0.2, -0.15) is 5.26 Å². The van der Waals surface area contributed by atoms with Crippen molar-refractivity contribution in [2.45, 2.75) is 19.6 Å². The second kappa shape index (κ2) is 7.64. The Morgan fingerprint density at radius 1 is 1.50 bits per heavy atom. The summed E-state index contributed by atoms with van der Waals surface area (Å²) in [4.78, 5) is 0. The van der Waals surface area contributed by atoms with Crippen LogP contribution in [0.4, 0.5) is 4.39 Å². The van der Waals surface area contributed by atoms with Gasteiger partial charge in [-0.15, -0.1) is 0 Å². The van der Waals surface area contributed by atoms with E-state index in [0.717, 1.165) is 0 Å². The van der Waals surface area contributed by atoms with Gasteiger partial charge < -0.3 is 14.8 Å². The van der Waals surface area contributed by atoms with Gasteiger partial charge in [0.2, 0.25) is 0 Å². The molecule has 0 spiro atoms. The SMILES string of the molecule is COCCNCc1cccc(F)c1OC(C)C#N. The molecule has 18 heavy (non-hydrogen) atoms. The largest absolute Gasteiger partial charge is 0.472 e. The lowest BCUT2D eigenvalue weighted by Crippen LogP contribution is -2.20. The second-order valence-electron chi connectivity index (χ2n) is 3.79. The maximum atomic E-state index is 13.6. The summed E-state index contributed by atoms with van der Waals surface area (Å²) in [6.07, 6.45) is -0.681. The molecule has 98 valence electrons. The zero-order valence-corrected chi connectivity index (χ0v) is 10.6. The number of halogens is 1. The Balaban J connectivity index is 2.71. The molecule has 0 radical (unpaired) electrons. The summed E-state index contributed by atoms with van der Waals surface area (Å²) in [6.45, 7) is 3.30. The fraction of sp³-hybridized carbons (Fsp3) is 0.462. The number of para-hydroxylation sites is 1.